The Kier molecular flexibility index (Phi) is 9.40. The molecule has 1 unspecified atom stereocenters. The molecule has 9 heteroatoms. The number of carbonyl (C=O) groups is 3. The molecule has 1 amide bonds. The highest BCUT2D eigenvalue weighted by molar-refractivity contribution is 6.48. The van der Waals surface area contributed by atoms with Gasteiger partial charge < -0.3 is 20.4 Å². The van der Waals surface area contributed by atoms with E-state index < -0.39 is 11.6 Å². The van der Waals surface area contributed by atoms with Crippen molar-refractivity contribution in [2.75, 3.05) is 12.3 Å². The van der Waals surface area contributed by atoms with E-state index in [1.54, 1.807) is 35.0 Å². The van der Waals surface area contributed by atoms with Gasteiger partial charge in [-0.2, -0.15) is 0 Å². The molecule has 1 atom stereocenters. The van der Waals surface area contributed by atoms with E-state index in [9.17, 15) is 19.2 Å². The quantitative estimate of drug-likeness (QED) is 0.260. The summed E-state index contributed by atoms with van der Waals surface area (Å²) in [6.45, 7) is 1.89. The van der Waals surface area contributed by atoms with Crippen molar-refractivity contribution in [1.29, 1.82) is 0 Å². The zero-order valence-electron chi connectivity index (χ0n) is 22.3. The van der Waals surface area contributed by atoms with Crippen LogP contribution in [0.3, 0.4) is 0 Å². The second kappa shape index (κ2) is 13.3. The summed E-state index contributed by atoms with van der Waals surface area (Å²) in [5.41, 5.74) is 7.54. The molecule has 2 heterocycles. The standard InChI is InChI=1S/C31H32N4O5/c1-2-3-11-22(35-25(15-14-24(32)31(35)39)21-9-5-4-6-10-21)13-18-28(37)34-20-23-27(17-16-26(36)30(23)38)40-29-12-7-8-19-33-29/h4-10,12,14-17,19,22H,2-3,11,13,18,20,32H2,1H3,(H,34,37). The van der Waals surface area contributed by atoms with Crippen LogP contribution >= 0.6 is 0 Å². The second-order valence-electron chi connectivity index (χ2n) is 9.47. The van der Waals surface area contributed by atoms with Crippen LogP contribution < -0.4 is 21.3 Å². The zero-order valence-corrected chi connectivity index (χ0v) is 22.3. The van der Waals surface area contributed by atoms with Crippen molar-refractivity contribution < 1.29 is 19.1 Å². The van der Waals surface area contributed by atoms with Gasteiger partial charge in [-0.05, 0) is 48.8 Å². The van der Waals surface area contributed by atoms with E-state index in [1.807, 2.05) is 36.4 Å². The van der Waals surface area contributed by atoms with E-state index in [0.717, 1.165) is 30.2 Å². The number of rotatable bonds is 12. The maximum absolute atomic E-state index is 13.2. The van der Waals surface area contributed by atoms with E-state index in [-0.39, 0.29) is 53.4 Å². The Bertz CT molecular complexity index is 1490. The lowest BCUT2D eigenvalue weighted by molar-refractivity contribution is -0.132. The number of carbonyl (C=O) groups excluding carboxylic acids is 3. The van der Waals surface area contributed by atoms with Crippen molar-refractivity contribution in [3.8, 4) is 17.1 Å². The average Bonchev–Trinajstić information content (AvgIpc) is 2.97. The number of Topliss-reactive ketones (excluding diaryl/α,β-unsaturated/α-hetero) is 1. The molecule has 3 aromatic rings. The van der Waals surface area contributed by atoms with Crippen LogP contribution in [0.4, 0.5) is 5.69 Å². The molecule has 206 valence electrons. The number of allylic oxidation sites excluding steroid dienone is 2. The molecule has 0 saturated heterocycles. The van der Waals surface area contributed by atoms with E-state index in [0.29, 0.717) is 12.8 Å². The number of benzene rings is 1. The number of hydrogen-bond acceptors (Lipinski definition) is 7. The molecule has 4 rings (SSSR count). The van der Waals surface area contributed by atoms with E-state index >= 15 is 0 Å². The number of unbranched alkanes of at least 4 members (excludes halogenated alkanes) is 1. The summed E-state index contributed by atoms with van der Waals surface area (Å²) in [6, 6.07) is 17.8. The first kappa shape index (κ1) is 28.2. The number of aromatic nitrogens is 2. The minimum Gasteiger partial charge on any atom is -0.439 e. The lowest BCUT2D eigenvalue weighted by atomic mass is 10.00. The number of amides is 1. The van der Waals surface area contributed by atoms with Crippen molar-refractivity contribution in [2.45, 2.75) is 45.1 Å². The van der Waals surface area contributed by atoms with E-state index in [4.69, 9.17) is 10.5 Å². The predicted molar refractivity (Wildman–Crippen MR) is 152 cm³/mol. The van der Waals surface area contributed by atoms with Gasteiger partial charge in [0.15, 0.2) is 0 Å². The number of ketones is 2. The number of nitrogens with one attached hydrogen (secondary N) is 1. The van der Waals surface area contributed by atoms with E-state index in [2.05, 4.69) is 17.2 Å². The summed E-state index contributed by atoms with van der Waals surface area (Å²) < 4.78 is 7.40. The van der Waals surface area contributed by atoms with Crippen LogP contribution in [0, 0.1) is 0 Å². The Labute approximate surface area is 232 Å². The fourth-order valence-corrected chi connectivity index (χ4v) is 4.56. The monoisotopic (exact) mass is 540 g/mol. The number of nitrogens with zero attached hydrogens (tertiary/aromatic N) is 2. The van der Waals surface area contributed by atoms with E-state index in [1.165, 1.54) is 6.08 Å². The number of ether oxygens (including phenoxy) is 1. The SMILES string of the molecule is CCCCC(CCC(=O)NCC1=C(Oc2ccccn2)C=CC(=O)C1=O)n1c(-c2ccccc2)ccc(N)c1=O. The van der Waals surface area contributed by atoms with Crippen LogP contribution in [0.15, 0.2) is 95.1 Å². The Morgan fingerprint density at radius 2 is 1.77 bits per heavy atom. The van der Waals surface area contributed by atoms with Crippen LogP contribution in [0.25, 0.3) is 11.3 Å². The molecule has 1 aliphatic rings. The predicted octanol–water partition coefficient (Wildman–Crippen LogP) is 4.16. The molecule has 0 aliphatic heterocycles. The molecule has 2 aromatic heterocycles. The Balaban J connectivity index is 1.51. The third kappa shape index (κ3) is 6.79. The Morgan fingerprint density at radius 1 is 1.00 bits per heavy atom. The number of pyridine rings is 2. The van der Waals surface area contributed by atoms with Crippen LogP contribution in [0.1, 0.15) is 45.1 Å². The summed E-state index contributed by atoms with van der Waals surface area (Å²) in [7, 11) is 0. The van der Waals surface area contributed by atoms with Gasteiger partial charge in [0.2, 0.25) is 23.4 Å². The third-order valence-corrected chi connectivity index (χ3v) is 6.67. The number of hydrogen-bond donors (Lipinski definition) is 2. The minimum atomic E-state index is -0.742. The molecule has 0 spiro atoms. The topological polar surface area (TPSA) is 133 Å². The summed E-state index contributed by atoms with van der Waals surface area (Å²) in [6.07, 6.45) is 7.06. The van der Waals surface area contributed by atoms with Crippen LogP contribution in [-0.2, 0) is 14.4 Å². The maximum atomic E-state index is 13.2. The highest BCUT2D eigenvalue weighted by Gasteiger charge is 2.26. The lowest BCUT2D eigenvalue weighted by Gasteiger charge is -2.24. The van der Waals surface area contributed by atoms with Crippen molar-refractivity contribution >= 4 is 23.2 Å². The molecule has 0 radical (unpaired) electrons. The van der Waals surface area contributed by atoms with Crippen LogP contribution in [-0.4, -0.2) is 33.6 Å². The second-order valence-corrected chi connectivity index (χ2v) is 9.47. The Morgan fingerprint density at radius 3 is 2.50 bits per heavy atom. The molecule has 40 heavy (non-hydrogen) atoms. The maximum Gasteiger partial charge on any atom is 0.274 e. The summed E-state index contributed by atoms with van der Waals surface area (Å²) in [5.74, 6) is -1.34. The van der Waals surface area contributed by atoms with Gasteiger partial charge >= 0.3 is 0 Å². The van der Waals surface area contributed by atoms with Gasteiger partial charge in [-0.15, -0.1) is 0 Å². The highest BCUT2D eigenvalue weighted by atomic mass is 16.5. The van der Waals surface area contributed by atoms with Crippen molar-refractivity contribution in [2.24, 2.45) is 0 Å². The molecule has 1 aliphatic carbocycles. The van der Waals surface area contributed by atoms with Crippen molar-refractivity contribution in [1.82, 2.24) is 14.9 Å². The van der Waals surface area contributed by atoms with Gasteiger partial charge in [-0.25, -0.2) is 4.98 Å². The highest BCUT2D eigenvalue weighted by Crippen LogP contribution is 2.28. The van der Waals surface area contributed by atoms with Gasteiger partial charge in [-0.3, -0.25) is 19.2 Å². The molecular weight excluding hydrogens is 508 g/mol. The van der Waals surface area contributed by atoms with Crippen molar-refractivity contribution in [3.05, 3.63) is 101 Å². The van der Waals surface area contributed by atoms with Crippen LogP contribution in [0.5, 0.6) is 5.88 Å². The number of nitrogens with two attached hydrogens (primary N) is 1. The van der Waals surface area contributed by atoms with Crippen molar-refractivity contribution in [3.63, 3.8) is 0 Å². The lowest BCUT2D eigenvalue weighted by Crippen LogP contribution is -2.33. The fourth-order valence-electron chi connectivity index (χ4n) is 4.56. The first-order valence-corrected chi connectivity index (χ1v) is 13.3. The first-order valence-electron chi connectivity index (χ1n) is 13.3. The number of nitrogen functional groups attached to an aromatic ring is 1. The fraction of sp³-hybridized carbons (Fsp3) is 0.258. The van der Waals surface area contributed by atoms with Gasteiger partial charge in [0.05, 0.1) is 23.5 Å². The minimum absolute atomic E-state index is 0.0486. The first-order chi connectivity index (χ1) is 19.4. The smallest absolute Gasteiger partial charge is 0.274 e. The summed E-state index contributed by atoms with van der Waals surface area (Å²) in [5, 5.41) is 2.74. The molecule has 9 nitrogen and oxygen atoms in total. The molecular formula is C31H32N4O5. The summed E-state index contributed by atoms with van der Waals surface area (Å²) >= 11 is 0. The largest absolute Gasteiger partial charge is 0.439 e. The molecule has 0 saturated carbocycles. The molecule has 0 fully saturated rings. The average molecular weight is 541 g/mol. The molecule has 0 bridgehead atoms. The van der Waals surface area contributed by atoms with Gasteiger partial charge in [0.1, 0.15) is 5.76 Å². The van der Waals surface area contributed by atoms with Gasteiger partial charge in [0, 0.05) is 24.7 Å². The third-order valence-electron chi connectivity index (χ3n) is 6.67. The summed E-state index contributed by atoms with van der Waals surface area (Å²) in [4.78, 5) is 54.9. The van der Waals surface area contributed by atoms with Gasteiger partial charge in [0.25, 0.3) is 5.56 Å². The molecule has 1 aromatic carbocycles. The Hall–Kier alpha value is -4.79. The number of anilines is 1. The van der Waals surface area contributed by atoms with Crippen LogP contribution in [0.2, 0.25) is 0 Å². The zero-order chi connectivity index (χ0) is 28.5. The van der Waals surface area contributed by atoms with Gasteiger partial charge in [-0.1, -0.05) is 56.2 Å². The molecule has 3 N–H and O–H groups in total. The normalized spacial score (nSPS) is 13.8.